The molecule has 1 amide bonds. The lowest BCUT2D eigenvalue weighted by Crippen LogP contribution is -2.25. The highest BCUT2D eigenvalue weighted by Gasteiger charge is 2.16. The number of halogens is 1. The molecule has 0 aliphatic carbocycles. The maximum atomic E-state index is 13.6. The summed E-state index contributed by atoms with van der Waals surface area (Å²) in [6.45, 7) is 1.58. The molecule has 1 N–H and O–H groups in total. The van der Waals surface area contributed by atoms with Crippen molar-refractivity contribution in [3.05, 3.63) is 69.9 Å². The summed E-state index contributed by atoms with van der Waals surface area (Å²) in [7, 11) is 1.49. The van der Waals surface area contributed by atoms with E-state index in [4.69, 9.17) is 0 Å². The fourth-order valence-corrected chi connectivity index (χ4v) is 2.39. The van der Waals surface area contributed by atoms with Crippen LogP contribution in [0.3, 0.4) is 0 Å². The average Bonchev–Trinajstić information content (AvgIpc) is 2.55. The van der Waals surface area contributed by atoms with Gasteiger partial charge in [0, 0.05) is 23.7 Å². The van der Waals surface area contributed by atoms with Crippen molar-refractivity contribution in [1.29, 1.82) is 0 Å². The van der Waals surface area contributed by atoms with Crippen molar-refractivity contribution in [2.75, 3.05) is 5.32 Å². The highest BCUT2D eigenvalue weighted by molar-refractivity contribution is 6.11. The van der Waals surface area contributed by atoms with Gasteiger partial charge in [0.15, 0.2) is 5.69 Å². The molecule has 0 unspecified atom stereocenters. The summed E-state index contributed by atoms with van der Waals surface area (Å²) in [4.78, 5) is 24.6. The average molecular weight is 311 g/mol. The van der Waals surface area contributed by atoms with Crippen LogP contribution in [0.2, 0.25) is 0 Å². The Morgan fingerprint density at radius 3 is 2.57 bits per heavy atom. The first kappa shape index (κ1) is 14.9. The quantitative estimate of drug-likeness (QED) is 0.791. The van der Waals surface area contributed by atoms with Gasteiger partial charge in [-0.3, -0.25) is 9.59 Å². The predicted octanol–water partition coefficient (Wildman–Crippen LogP) is 2.63. The molecule has 1 heterocycles. The first-order valence-corrected chi connectivity index (χ1v) is 7.01. The molecule has 6 heteroatoms. The number of aryl methyl sites for hydroxylation is 1. The van der Waals surface area contributed by atoms with Crippen molar-refractivity contribution in [2.24, 2.45) is 7.05 Å². The first-order chi connectivity index (χ1) is 11.0. The van der Waals surface area contributed by atoms with Crippen LogP contribution in [0.4, 0.5) is 10.1 Å². The number of fused-ring (bicyclic) bond motifs is 1. The Balaban J connectivity index is 2.10. The second kappa shape index (κ2) is 5.64. The molecule has 0 saturated carbocycles. The molecular formula is C17H14FN3O2. The van der Waals surface area contributed by atoms with Gasteiger partial charge >= 0.3 is 0 Å². The van der Waals surface area contributed by atoms with E-state index in [-0.39, 0.29) is 11.3 Å². The van der Waals surface area contributed by atoms with Gasteiger partial charge in [-0.05, 0) is 25.1 Å². The van der Waals surface area contributed by atoms with Crippen LogP contribution in [0, 0.1) is 12.7 Å². The van der Waals surface area contributed by atoms with Crippen LogP contribution in [0.25, 0.3) is 10.8 Å². The standard InChI is InChI=1S/C17H14FN3O2/c1-10-13(18)8-5-9-14(10)19-16(22)15-11-6-3-4-7-12(11)17(23)21(2)20-15/h3-9H,1-2H3,(H,19,22). The van der Waals surface area contributed by atoms with Crippen LogP contribution >= 0.6 is 0 Å². The van der Waals surface area contributed by atoms with E-state index >= 15 is 0 Å². The molecule has 116 valence electrons. The highest BCUT2D eigenvalue weighted by Crippen LogP contribution is 2.19. The number of rotatable bonds is 2. The lowest BCUT2D eigenvalue weighted by Gasteiger charge is -2.11. The van der Waals surface area contributed by atoms with E-state index in [0.29, 0.717) is 22.0 Å². The zero-order chi connectivity index (χ0) is 16.6. The molecule has 0 aliphatic heterocycles. The zero-order valence-electron chi connectivity index (χ0n) is 12.6. The summed E-state index contributed by atoms with van der Waals surface area (Å²) >= 11 is 0. The second-order valence-corrected chi connectivity index (χ2v) is 5.19. The maximum Gasteiger partial charge on any atom is 0.276 e. The van der Waals surface area contributed by atoms with Crippen LogP contribution in [0.15, 0.2) is 47.3 Å². The Morgan fingerprint density at radius 2 is 1.83 bits per heavy atom. The van der Waals surface area contributed by atoms with Gasteiger partial charge in [0.05, 0.1) is 5.39 Å². The highest BCUT2D eigenvalue weighted by atomic mass is 19.1. The van der Waals surface area contributed by atoms with Crippen molar-refractivity contribution >= 4 is 22.4 Å². The van der Waals surface area contributed by atoms with Crippen LogP contribution in [-0.2, 0) is 7.05 Å². The summed E-state index contributed by atoms with van der Waals surface area (Å²) < 4.78 is 14.7. The molecule has 3 aromatic rings. The van der Waals surface area contributed by atoms with E-state index in [2.05, 4.69) is 10.4 Å². The van der Waals surface area contributed by atoms with Gasteiger partial charge in [0.2, 0.25) is 0 Å². The predicted molar refractivity (Wildman–Crippen MR) is 86.1 cm³/mol. The zero-order valence-corrected chi connectivity index (χ0v) is 12.6. The smallest absolute Gasteiger partial charge is 0.276 e. The second-order valence-electron chi connectivity index (χ2n) is 5.19. The number of anilines is 1. The van der Waals surface area contributed by atoms with Gasteiger partial charge in [-0.1, -0.05) is 24.3 Å². The minimum Gasteiger partial charge on any atom is -0.320 e. The lowest BCUT2D eigenvalue weighted by atomic mass is 10.1. The summed E-state index contributed by atoms with van der Waals surface area (Å²) in [5, 5.41) is 7.57. The van der Waals surface area contributed by atoms with Crippen molar-refractivity contribution in [2.45, 2.75) is 6.92 Å². The third-order valence-electron chi connectivity index (χ3n) is 3.69. The number of aromatic nitrogens is 2. The molecule has 3 rings (SSSR count). The number of nitrogens with zero attached hydrogens (tertiary/aromatic N) is 2. The minimum absolute atomic E-state index is 0.117. The van der Waals surface area contributed by atoms with Gasteiger partial charge in [-0.25, -0.2) is 9.07 Å². The summed E-state index contributed by atoms with van der Waals surface area (Å²) in [5.41, 5.74) is 0.551. The Morgan fingerprint density at radius 1 is 1.13 bits per heavy atom. The van der Waals surface area contributed by atoms with Crippen LogP contribution in [-0.4, -0.2) is 15.7 Å². The van der Waals surface area contributed by atoms with E-state index in [1.54, 1.807) is 37.3 Å². The number of nitrogens with one attached hydrogen (secondary N) is 1. The molecule has 0 aliphatic rings. The van der Waals surface area contributed by atoms with E-state index in [1.165, 1.54) is 19.2 Å². The maximum absolute atomic E-state index is 13.6. The fraction of sp³-hybridized carbons (Fsp3) is 0.118. The summed E-state index contributed by atoms with van der Waals surface area (Å²) in [5.74, 6) is -0.897. The number of hydrogen-bond acceptors (Lipinski definition) is 3. The van der Waals surface area contributed by atoms with E-state index in [9.17, 15) is 14.0 Å². The number of amides is 1. The summed E-state index contributed by atoms with van der Waals surface area (Å²) in [6, 6.07) is 11.2. The molecule has 0 atom stereocenters. The number of benzene rings is 2. The van der Waals surface area contributed by atoms with Crippen molar-refractivity contribution < 1.29 is 9.18 Å². The van der Waals surface area contributed by atoms with Crippen molar-refractivity contribution in [3.63, 3.8) is 0 Å². The SMILES string of the molecule is Cc1c(F)cccc1NC(=O)c1nn(C)c(=O)c2ccccc12. The van der Waals surface area contributed by atoms with Crippen LogP contribution in [0.5, 0.6) is 0 Å². The fourth-order valence-electron chi connectivity index (χ4n) is 2.39. The Hall–Kier alpha value is -3.02. The van der Waals surface area contributed by atoms with E-state index < -0.39 is 11.7 Å². The molecule has 5 nitrogen and oxygen atoms in total. The lowest BCUT2D eigenvalue weighted by molar-refractivity contribution is 0.102. The first-order valence-electron chi connectivity index (χ1n) is 7.01. The molecule has 0 spiro atoms. The monoisotopic (exact) mass is 311 g/mol. The Kier molecular flexibility index (Phi) is 3.65. The van der Waals surface area contributed by atoms with Gasteiger partial charge < -0.3 is 5.32 Å². The molecule has 23 heavy (non-hydrogen) atoms. The molecule has 0 bridgehead atoms. The molecule has 1 aromatic heterocycles. The van der Waals surface area contributed by atoms with E-state index in [0.717, 1.165) is 4.68 Å². The number of carbonyl (C=O) groups excluding carboxylic acids is 1. The number of hydrogen-bond donors (Lipinski definition) is 1. The van der Waals surface area contributed by atoms with Crippen molar-refractivity contribution in [1.82, 2.24) is 9.78 Å². The summed E-state index contributed by atoms with van der Waals surface area (Å²) in [6.07, 6.45) is 0. The minimum atomic E-state index is -0.495. The number of carbonyl (C=O) groups is 1. The third-order valence-corrected chi connectivity index (χ3v) is 3.69. The third kappa shape index (κ3) is 2.59. The topological polar surface area (TPSA) is 64.0 Å². The Labute approximate surface area is 131 Å². The molecule has 0 radical (unpaired) electrons. The molecule has 0 saturated heterocycles. The molecule has 0 fully saturated rings. The van der Waals surface area contributed by atoms with Gasteiger partial charge in [-0.15, -0.1) is 0 Å². The van der Waals surface area contributed by atoms with Crippen LogP contribution in [0.1, 0.15) is 16.1 Å². The Bertz CT molecular complexity index is 979. The van der Waals surface area contributed by atoms with Crippen molar-refractivity contribution in [3.8, 4) is 0 Å². The molecule has 2 aromatic carbocycles. The largest absolute Gasteiger partial charge is 0.320 e. The van der Waals surface area contributed by atoms with Gasteiger partial charge in [-0.2, -0.15) is 5.10 Å². The molecular weight excluding hydrogens is 297 g/mol. The van der Waals surface area contributed by atoms with Gasteiger partial charge in [0.1, 0.15) is 5.82 Å². The van der Waals surface area contributed by atoms with E-state index in [1.807, 2.05) is 0 Å². The van der Waals surface area contributed by atoms with Gasteiger partial charge in [0.25, 0.3) is 11.5 Å². The van der Waals surface area contributed by atoms with Crippen LogP contribution < -0.4 is 10.9 Å². The normalized spacial score (nSPS) is 10.7.